The van der Waals surface area contributed by atoms with Gasteiger partial charge in [-0.05, 0) is 44.4 Å². The first-order valence-corrected chi connectivity index (χ1v) is 8.20. The second-order valence-corrected chi connectivity index (χ2v) is 6.56. The number of benzene rings is 1. The third-order valence-electron chi connectivity index (χ3n) is 4.29. The molecule has 4 heteroatoms. The van der Waals surface area contributed by atoms with Gasteiger partial charge in [-0.25, -0.2) is 0 Å². The number of rotatable bonds is 6. The highest BCUT2D eigenvalue weighted by Gasteiger charge is 2.26. The van der Waals surface area contributed by atoms with Crippen LogP contribution in [0.4, 0.5) is 0 Å². The Kier molecular flexibility index (Phi) is 6.49. The Hall–Kier alpha value is -0.610. The van der Waals surface area contributed by atoms with Crippen molar-refractivity contribution >= 4 is 11.6 Å². The number of hydrogen-bond donors (Lipinski definition) is 1. The lowest BCUT2D eigenvalue weighted by atomic mass is 9.97. The van der Waals surface area contributed by atoms with Crippen LogP contribution in [0.25, 0.3) is 0 Å². The number of aliphatic hydroxyl groups is 1. The van der Waals surface area contributed by atoms with Crippen LogP contribution in [-0.4, -0.2) is 41.3 Å². The second kappa shape index (κ2) is 8.14. The van der Waals surface area contributed by atoms with Gasteiger partial charge in [-0.3, -0.25) is 4.90 Å². The van der Waals surface area contributed by atoms with Crippen LogP contribution in [0.3, 0.4) is 0 Å². The first kappa shape index (κ1) is 16.8. The highest BCUT2D eigenvalue weighted by Crippen LogP contribution is 2.22. The lowest BCUT2D eigenvalue weighted by Gasteiger charge is -2.40. The summed E-state index contributed by atoms with van der Waals surface area (Å²) in [5.41, 5.74) is 1.08. The maximum absolute atomic E-state index is 10.2. The van der Waals surface area contributed by atoms with E-state index in [1.807, 2.05) is 24.3 Å². The summed E-state index contributed by atoms with van der Waals surface area (Å²) in [5, 5.41) is 10.9. The molecule has 0 radical (unpaired) electrons. The minimum Gasteiger partial charge on any atom is -0.389 e. The van der Waals surface area contributed by atoms with E-state index in [-0.39, 0.29) is 0 Å². The summed E-state index contributed by atoms with van der Waals surface area (Å²) in [6, 6.07) is 8.72. The van der Waals surface area contributed by atoms with Crippen LogP contribution < -0.4 is 0 Å². The van der Waals surface area contributed by atoms with Crippen LogP contribution >= 0.6 is 11.6 Å². The quantitative estimate of drug-likeness (QED) is 0.873. The number of halogens is 1. The maximum Gasteiger partial charge on any atom is 0.0900 e. The van der Waals surface area contributed by atoms with Gasteiger partial charge < -0.3 is 9.84 Å². The van der Waals surface area contributed by atoms with Crippen molar-refractivity contribution in [1.82, 2.24) is 4.90 Å². The van der Waals surface area contributed by atoms with Crippen molar-refractivity contribution < 1.29 is 9.84 Å². The molecule has 1 aliphatic rings. The molecule has 1 heterocycles. The molecule has 0 unspecified atom stereocenters. The molecule has 1 N–H and O–H groups in total. The third-order valence-corrected chi connectivity index (χ3v) is 4.54. The molecule has 118 valence electrons. The van der Waals surface area contributed by atoms with E-state index in [4.69, 9.17) is 16.3 Å². The van der Waals surface area contributed by atoms with E-state index in [2.05, 4.69) is 18.7 Å². The monoisotopic (exact) mass is 311 g/mol. The third kappa shape index (κ3) is 5.26. The molecular formula is C17H26ClNO2. The highest BCUT2D eigenvalue weighted by atomic mass is 35.5. The van der Waals surface area contributed by atoms with Gasteiger partial charge in [0.25, 0.3) is 0 Å². The van der Waals surface area contributed by atoms with Gasteiger partial charge in [0.15, 0.2) is 0 Å². The smallest absolute Gasteiger partial charge is 0.0900 e. The summed E-state index contributed by atoms with van der Waals surface area (Å²) in [4.78, 5) is 2.40. The molecule has 0 saturated carbocycles. The van der Waals surface area contributed by atoms with Crippen molar-refractivity contribution in [1.29, 1.82) is 0 Å². The zero-order chi connectivity index (χ0) is 15.2. The molecule has 1 aromatic rings. The average Bonchev–Trinajstić information content (AvgIpc) is 2.45. The first-order valence-electron chi connectivity index (χ1n) is 7.82. The van der Waals surface area contributed by atoms with Gasteiger partial charge in [0.05, 0.1) is 19.3 Å². The van der Waals surface area contributed by atoms with Gasteiger partial charge in [0.2, 0.25) is 0 Å². The molecular weight excluding hydrogens is 286 g/mol. The SMILES string of the molecule is C[C@H]1CCC[C@H](C)N1C[C@H](O)COCc1ccc(Cl)cc1. The van der Waals surface area contributed by atoms with Crippen molar-refractivity contribution in [2.24, 2.45) is 0 Å². The van der Waals surface area contributed by atoms with Crippen molar-refractivity contribution in [2.75, 3.05) is 13.2 Å². The van der Waals surface area contributed by atoms with Gasteiger partial charge in [-0.15, -0.1) is 0 Å². The second-order valence-electron chi connectivity index (χ2n) is 6.12. The largest absolute Gasteiger partial charge is 0.389 e. The molecule has 1 aliphatic heterocycles. The van der Waals surface area contributed by atoms with E-state index in [1.54, 1.807) is 0 Å². The highest BCUT2D eigenvalue weighted by molar-refractivity contribution is 6.30. The van der Waals surface area contributed by atoms with Gasteiger partial charge in [-0.1, -0.05) is 30.2 Å². The number of β-amino-alcohol motifs (C(OH)–C–C–N with tert-alkyl or cyclic N) is 1. The van der Waals surface area contributed by atoms with E-state index in [1.165, 1.54) is 19.3 Å². The minimum atomic E-state index is -0.430. The van der Waals surface area contributed by atoms with Crippen molar-refractivity contribution in [3.8, 4) is 0 Å². The molecule has 21 heavy (non-hydrogen) atoms. The van der Waals surface area contributed by atoms with Crippen molar-refractivity contribution in [3.63, 3.8) is 0 Å². The van der Waals surface area contributed by atoms with Crippen LogP contribution in [0.5, 0.6) is 0 Å². The average molecular weight is 312 g/mol. The number of ether oxygens (including phenoxy) is 1. The Morgan fingerprint density at radius 3 is 2.48 bits per heavy atom. The number of piperidine rings is 1. The fourth-order valence-corrected chi connectivity index (χ4v) is 3.15. The Morgan fingerprint density at radius 2 is 1.86 bits per heavy atom. The summed E-state index contributed by atoms with van der Waals surface area (Å²) < 4.78 is 5.61. The van der Waals surface area contributed by atoms with Crippen LogP contribution in [0, 0.1) is 0 Å². The Balaban J connectivity index is 1.71. The number of hydrogen-bond acceptors (Lipinski definition) is 3. The molecule has 0 aromatic heterocycles. The minimum absolute atomic E-state index is 0.374. The molecule has 1 aromatic carbocycles. The first-order chi connectivity index (χ1) is 10.1. The van der Waals surface area contributed by atoms with Crippen LogP contribution in [0.1, 0.15) is 38.7 Å². The molecule has 0 spiro atoms. The predicted octanol–water partition coefficient (Wildman–Crippen LogP) is 3.48. The summed E-state index contributed by atoms with van der Waals surface area (Å²) >= 11 is 5.85. The van der Waals surface area contributed by atoms with E-state index < -0.39 is 6.10 Å². The summed E-state index contributed by atoms with van der Waals surface area (Å²) in [6.45, 7) is 6.08. The summed E-state index contributed by atoms with van der Waals surface area (Å²) in [6.07, 6.45) is 3.31. The molecule has 3 nitrogen and oxygen atoms in total. The molecule has 0 bridgehead atoms. The van der Waals surface area contributed by atoms with Crippen LogP contribution in [0.15, 0.2) is 24.3 Å². The van der Waals surface area contributed by atoms with Crippen molar-refractivity contribution in [2.45, 2.75) is 57.9 Å². The van der Waals surface area contributed by atoms with Gasteiger partial charge in [0, 0.05) is 23.7 Å². The number of nitrogens with zero attached hydrogens (tertiary/aromatic N) is 1. The van der Waals surface area contributed by atoms with Crippen LogP contribution in [-0.2, 0) is 11.3 Å². The normalized spacial score (nSPS) is 25.0. The van der Waals surface area contributed by atoms with E-state index in [0.717, 1.165) is 10.6 Å². The standard InChI is InChI=1S/C17H26ClNO2/c1-13-4-3-5-14(2)19(13)10-17(20)12-21-11-15-6-8-16(18)9-7-15/h6-9,13-14,17,20H,3-5,10-12H2,1-2H3/t13-,14-,17-/m0/s1. The van der Waals surface area contributed by atoms with Gasteiger partial charge >= 0.3 is 0 Å². The molecule has 2 rings (SSSR count). The lowest BCUT2D eigenvalue weighted by Crippen LogP contribution is -2.48. The number of likely N-dealkylation sites (tertiary alicyclic amines) is 1. The fraction of sp³-hybridized carbons (Fsp3) is 0.647. The van der Waals surface area contributed by atoms with Gasteiger partial charge in [0.1, 0.15) is 0 Å². The number of aliphatic hydroxyl groups excluding tert-OH is 1. The zero-order valence-electron chi connectivity index (χ0n) is 13.0. The maximum atomic E-state index is 10.2. The molecule has 0 aliphatic carbocycles. The Labute approximate surface area is 132 Å². The van der Waals surface area contributed by atoms with E-state index >= 15 is 0 Å². The lowest BCUT2D eigenvalue weighted by molar-refractivity contribution is -0.0135. The Morgan fingerprint density at radius 1 is 1.24 bits per heavy atom. The van der Waals surface area contributed by atoms with Crippen molar-refractivity contribution in [3.05, 3.63) is 34.9 Å². The fourth-order valence-electron chi connectivity index (χ4n) is 3.02. The molecule has 1 fully saturated rings. The summed E-state index contributed by atoms with van der Waals surface area (Å²) in [7, 11) is 0. The molecule has 0 amide bonds. The molecule has 3 atom stereocenters. The van der Waals surface area contributed by atoms with Crippen LogP contribution in [0.2, 0.25) is 5.02 Å². The van der Waals surface area contributed by atoms with E-state index in [9.17, 15) is 5.11 Å². The zero-order valence-corrected chi connectivity index (χ0v) is 13.7. The summed E-state index contributed by atoms with van der Waals surface area (Å²) in [5.74, 6) is 0. The topological polar surface area (TPSA) is 32.7 Å². The van der Waals surface area contributed by atoms with E-state index in [0.29, 0.717) is 31.8 Å². The predicted molar refractivity (Wildman–Crippen MR) is 86.6 cm³/mol. The van der Waals surface area contributed by atoms with Gasteiger partial charge in [-0.2, -0.15) is 0 Å². The Bertz CT molecular complexity index is 413. The molecule has 1 saturated heterocycles.